The van der Waals surface area contributed by atoms with Crippen LogP contribution < -0.4 is 11.1 Å². The summed E-state index contributed by atoms with van der Waals surface area (Å²) in [6.07, 6.45) is 7.21. The third kappa shape index (κ3) is 3.08. The number of fused-ring (bicyclic) bond motifs is 3. The van der Waals surface area contributed by atoms with Crippen molar-refractivity contribution in [2.45, 2.75) is 31.2 Å². The molecule has 4 atom stereocenters. The van der Waals surface area contributed by atoms with Gasteiger partial charge in [-0.25, -0.2) is 14.8 Å². The Kier molecular flexibility index (Phi) is 4.57. The zero-order valence-electron chi connectivity index (χ0n) is 16.2. The second-order valence-electron chi connectivity index (χ2n) is 8.39. The number of primary amides is 1. The van der Waals surface area contributed by atoms with Crippen LogP contribution in [0.15, 0.2) is 18.3 Å². The lowest BCUT2D eigenvalue weighted by molar-refractivity contribution is -0.122. The molecule has 0 aromatic carbocycles. The minimum Gasteiger partial charge on any atom is -0.465 e. The monoisotopic (exact) mass is 430 g/mol. The molecule has 1 saturated carbocycles. The van der Waals surface area contributed by atoms with Gasteiger partial charge in [0.1, 0.15) is 11.3 Å². The SMILES string of the molecule is NC(=O)[C@H]1[C@H](Nc2c(Cl)cnc3nc(C4CCN(C(=O)O)CC4)[nH]c23)[C@@H]2C=C[C@@H]1C2. The fourth-order valence-electron chi connectivity index (χ4n) is 5.20. The minimum atomic E-state index is -0.887. The number of pyridine rings is 1. The highest BCUT2D eigenvalue weighted by Gasteiger charge is 2.47. The van der Waals surface area contributed by atoms with E-state index in [1.54, 1.807) is 6.20 Å². The molecular weight excluding hydrogens is 408 g/mol. The molecule has 2 fully saturated rings. The summed E-state index contributed by atoms with van der Waals surface area (Å²) in [6, 6.07) is -0.119. The first-order valence-corrected chi connectivity index (χ1v) is 10.6. The number of nitrogens with zero attached hydrogens (tertiary/aromatic N) is 3. The van der Waals surface area contributed by atoms with Crippen LogP contribution in [0.4, 0.5) is 10.5 Å². The summed E-state index contributed by atoms with van der Waals surface area (Å²) in [5.41, 5.74) is 7.62. The van der Waals surface area contributed by atoms with E-state index in [9.17, 15) is 9.59 Å². The Morgan fingerprint density at radius 3 is 2.70 bits per heavy atom. The van der Waals surface area contributed by atoms with Crippen molar-refractivity contribution in [3.8, 4) is 0 Å². The number of carbonyl (C=O) groups is 2. The van der Waals surface area contributed by atoms with E-state index < -0.39 is 6.09 Å². The Bertz CT molecular complexity index is 1040. The van der Waals surface area contributed by atoms with Crippen LogP contribution >= 0.6 is 11.6 Å². The van der Waals surface area contributed by atoms with Crippen molar-refractivity contribution in [2.75, 3.05) is 18.4 Å². The highest BCUT2D eigenvalue weighted by molar-refractivity contribution is 6.34. The summed E-state index contributed by atoms with van der Waals surface area (Å²) in [4.78, 5) is 37.0. The van der Waals surface area contributed by atoms with Crippen molar-refractivity contribution in [1.82, 2.24) is 19.9 Å². The molecule has 5 N–H and O–H groups in total. The number of piperidine rings is 1. The van der Waals surface area contributed by atoms with Crippen molar-refractivity contribution < 1.29 is 14.7 Å². The Morgan fingerprint density at radius 1 is 1.27 bits per heavy atom. The van der Waals surface area contributed by atoms with Crippen molar-refractivity contribution in [2.24, 2.45) is 23.5 Å². The average Bonchev–Trinajstić information content (AvgIpc) is 3.44. The van der Waals surface area contributed by atoms with E-state index in [1.165, 1.54) is 4.90 Å². The van der Waals surface area contributed by atoms with Crippen molar-refractivity contribution >= 4 is 40.5 Å². The average molecular weight is 431 g/mol. The van der Waals surface area contributed by atoms with Crippen LogP contribution in [0.1, 0.15) is 31.0 Å². The molecule has 30 heavy (non-hydrogen) atoms. The molecule has 1 aliphatic heterocycles. The summed E-state index contributed by atoms with van der Waals surface area (Å²) in [5.74, 6) is 0.730. The van der Waals surface area contributed by atoms with Gasteiger partial charge < -0.3 is 26.0 Å². The highest BCUT2D eigenvalue weighted by atomic mass is 35.5. The summed E-state index contributed by atoms with van der Waals surface area (Å²) in [7, 11) is 0. The van der Waals surface area contributed by atoms with Gasteiger partial charge in [-0.15, -0.1) is 0 Å². The topological polar surface area (TPSA) is 137 Å². The molecule has 2 bridgehead atoms. The molecule has 1 saturated heterocycles. The number of rotatable bonds is 4. The zero-order chi connectivity index (χ0) is 21.0. The summed E-state index contributed by atoms with van der Waals surface area (Å²) in [5, 5.41) is 13.1. The van der Waals surface area contributed by atoms with E-state index in [2.05, 4.69) is 32.4 Å². The number of hydrogen-bond acceptors (Lipinski definition) is 5. The number of H-pyrrole nitrogens is 1. The second kappa shape index (κ2) is 7.16. The number of carboxylic acid groups (broad SMARTS) is 1. The number of allylic oxidation sites excluding steroid dienone is 1. The molecular formula is C20H23ClN6O3. The standard InChI is InChI=1S/C20H23ClN6O3/c21-12-8-23-19-16(25-18(26-19)9-3-5-27(6-4-9)20(29)30)15(12)24-14-11-2-1-10(7-11)13(14)17(22)28/h1-2,8-11,13-14H,3-7H2,(H2,22,28)(H,29,30)(H2,23,24,25,26)/t10-,11-,13-,14-/m1/s1. The molecule has 2 aromatic rings. The first kappa shape index (κ1) is 19.2. The summed E-state index contributed by atoms with van der Waals surface area (Å²) in [6.45, 7) is 0.961. The summed E-state index contributed by atoms with van der Waals surface area (Å²) < 4.78 is 0. The molecule has 5 rings (SSSR count). The van der Waals surface area contributed by atoms with Crippen LogP contribution in [-0.4, -0.2) is 56.1 Å². The third-order valence-corrected chi connectivity index (χ3v) is 7.03. The number of aromatic amines is 1. The number of amides is 2. The second-order valence-corrected chi connectivity index (χ2v) is 8.80. The Labute approximate surface area is 177 Å². The molecule has 10 heteroatoms. The Morgan fingerprint density at radius 2 is 2.00 bits per heavy atom. The first-order chi connectivity index (χ1) is 14.4. The molecule has 0 radical (unpaired) electrons. The van der Waals surface area contributed by atoms with Crippen LogP contribution in [-0.2, 0) is 4.79 Å². The van der Waals surface area contributed by atoms with Gasteiger partial charge in [0.2, 0.25) is 5.91 Å². The number of anilines is 1. The quantitative estimate of drug-likeness (QED) is 0.550. The largest absolute Gasteiger partial charge is 0.465 e. The molecule has 0 unspecified atom stereocenters. The van der Waals surface area contributed by atoms with Crippen molar-refractivity contribution in [3.63, 3.8) is 0 Å². The Hall–Kier alpha value is -2.81. The molecule has 3 aliphatic rings. The smallest absolute Gasteiger partial charge is 0.407 e. The number of hydrogen-bond donors (Lipinski definition) is 4. The summed E-state index contributed by atoms with van der Waals surface area (Å²) >= 11 is 6.48. The van der Waals surface area contributed by atoms with E-state index in [4.69, 9.17) is 22.4 Å². The van der Waals surface area contributed by atoms with Gasteiger partial charge in [0.15, 0.2) is 5.65 Å². The number of carbonyl (C=O) groups excluding carboxylic acids is 1. The van der Waals surface area contributed by atoms with E-state index in [0.29, 0.717) is 47.8 Å². The van der Waals surface area contributed by atoms with Crippen LogP contribution in [0.2, 0.25) is 5.02 Å². The van der Waals surface area contributed by atoms with E-state index >= 15 is 0 Å². The van der Waals surface area contributed by atoms with E-state index in [0.717, 1.165) is 12.2 Å². The van der Waals surface area contributed by atoms with Crippen LogP contribution in [0.5, 0.6) is 0 Å². The van der Waals surface area contributed by atoms with Crippen molar-refractivity contribution in [3.05, 3.63) is 29.2 Å². The molecule has 158 valence electrons. The highest BCUT2D eigenvalue weighted by Crippen LogP contribution is 2.46. The fourth-order valence-corrected chi connectivity index (χ4v) is 5.40. The maximum absolute atomic E-state index is 12.1. The molecule has 2 aliphatic carbocycles. The molecule has 2 aromatic heterocycles. The number of nitrogens with two attached hydrogens (primary N) is 1. The molecule has 3 heterocycles. The number of nitrogens with one attached hydrogen (secondary N) is 2. The molecule has 9 nitrogen and oxygen atoms in total. The van der Waals surface area contributed by atoms with E-state index in [-0.39, 0.29) is 35.6 Å². The number of likely N-dealkylation sites (tertiary alicyclic amines) is 1. The van der Waals surface area contributed by atoms with E-state index in [1.807, 2.05) is 0 Å². The maximum Gasteiger partial charge on any atom is 0.407 e. The van der Waals surface area contributed by atoms with Gasteiger partial charge in [0.25, 0.3) is 0 Å². The lowest BCUT2D eigenvalue weighted by Gasteiger charge is -2.29. The van der Waals surface area contributed by atoms with Gasteiger partial charge in [-0.1, -0.05) is 23.8 Å². The molecule has 2 amide bonds. The number of aromatic nitrogens is 3. The van der Waals surface area contributed by atoms with Gasteiger partial charge in [0.05, 0.1) is 22.8 Å². The van der Waals surface area contributed by atoms with Crippen LogP contribution in [0, 0.1) is 17.8 Å². The minimum absolute atomic E-state index is 0.119. The number of halogens is 1. The predicted octanol–water partition coefficient (Wildman–Crippen LogP) is 2.56. The Balaban J connectivity index is 1.43. The normalized spacial score (nSPS) is 28.4. The van der Waals surface area contributed by atoms with Gasteiger partial charge in [-0.2, -0.15) is 0 Å². The molecule has 0 spiro atoms. The van der Waals surface area contributed by atoms with Gasteiger partial charge in [0, 0.05) is 25.0 Å². The lowest BCUT2D eigenvalue weighted by Crippen LogP contribution is -2.41. The maximum atomic E-state index is 12.1. The van der Waals surface area contributed by atoms with Crippen LogP contribution in [0.25, 0.3) is 11.2 Å². The van der Waals surface area contributed by atoms with Crippen LogP contribution in [0.3, 0.4) is 0 Å². The number of imidazole rings is 1. The van der Waals surface area contributed by atoms with Crippen molar-refractivity contribution in [1.29, 1.82) is 0 Å². The fraction of sp³-hybridized carbons (Fsp3) is 0.500. The van der Waals surface area contributed by atoms with Gasteiger partial charge >= 0.3 is 6.09 Å². The predicted molar refractivity (Wildman–Crippen MR) is 111 cm³/mol. The third-order valence-electron chi connectivity index (χ3n) is 6.74. The van der Waals surface area contributed by atoms with Gasteiger partial charge in [-0.05, 0) is 31.1 Å². The first-order valence-electron chi connectivity index (χ1n) is 10.2. The lowest BCUT2D eigenvalue weighted by atomic mass is 9.88. The zero-order valence-corrected chi connectivity index (χ0v) is 17.0. The van der Waals surface area contributed by atoms with Gasteiger partial charge in [-0.3, -0.25) is 4.79 Å².